The van der Waals surface area contributed by atoms with Gasteiger partial charge in [0, 0.05) is 20.3 Å². The lowest BCUT2D eigenvalue weighted by atomic mass is 9.90. The van der Waals surface area contributed by atoms with Crippen LogP contribution >= 0.6 is 0 Å². The fourth-order valence-electron chi connectivity index (χ4n) is 2.07. The van der Waals surface area contributed by atoms with Crippen LogP contribution < -0.4 is 0 Å². The molecule has 0 saturated heterocycles. The molecule has 1 N–H and O–H groups in total. The highest BCUT2D eigenvalue weighted by Crippen LogP contribution is 2.36. The summed E-state index contributed by atoms with van der Waals surface area (Å²) in [7, 11) is 1.30. The lowest BCUT2D eigenvalue weighted by Crippen LogP contribution is -2.58. The van der Waals surface area contributed by atoms with Crippen LogP contribution in [0.4, 0.5) is 17.6 Å². The second kappa shape index (κ2) is 6.91. The lowest BCUT2D eigenvalue weighted by Gasteiger charge is -2.39. The molecule has 0 radical (unpaired) electrons. The highest BCUT2D eigenvalue weighted by atomic mass is 19.4. The van der Waals surface area contributed by atoms with Gasteiger partial charge < -0.3 is 9.84 Å². The smallest absolute Gasteiger partial charge is 0.471 e. The van der Waals surface area contributed by atoms with Crippen molar-refractivity contribution in [2.24, 2.45) is 5.92 Å². The molecule has 5 nitrogen and oxygen atoms in total. The molecule has 2 unspecified atom stereocenters. The van der Waals surface area contributed by atoms with E-state index < -0.39 is 36.3 Å². The number of carbonyl (C=O) groups excluding carboxylic acids is 1. The first kappa shape index (κ1) is 18.1. The maximum atomic E-state index is 15.0. The van der Waals surface area contributed by atoms with E-state index >= 15 is 4.39 Å². The van der Waals surface area contributed by atoms with E-state index in [2.05, 4.69) is 4.74 Å². The molecule has 124 valence electrons. The minimum atomic E-state index is -5.32. The Labute approximate surface area is 123 Å². The number of aliphatic carboxylic acids is 1. The molecule has 22 heavy (non-hydrogen) atoms. The summed E-state index contributed by atoms with van der Waals surface area (Å²) in [6.07, 6.45) is -1.59. The summed E-state index contributed by atoms with van der Waals surface area (Å²) < 4.78 is 57.7. The summed E-state index contributed by atoms with van der Waals surface area (Å²) in [5.74, 6) is -9.13. The molecule has 0 aromatic heterocycles. The molecule has 1 aliphatic rings. The van der Waals surface area contributed by atoms with Crippen LogP contribution in [0.5, 0.6) is 0 Å². The molecular weight excluding hydrogens is 310 g/mol. The fourth-order valence-corrected chi connectivity index (χ4v) is 2.07. The Kier molecular flexibility index (Phi) is 5.70. The minimum absolute atomic E-state index is 0.00495. The number of nitrogens with zero attached hydrogens (tertiary/aromatic N) is 1. The van der Waals surface area contributed by atoms with Crippen molar-refractivity contribution < 1.29 is 37.0 Å². The zero-order valence-electron chi connectivity index (χ0n) is 11.6. The zero-order chi connectivity index (χ0) is 17.0. The Hall–Kier alpha value is -1.90. The van der Waals surface area contributed by atoms with Crippen molar-refractivity contribution >= 4 is 11.9 Å². The maximum absolute atomic E-state index is 15.0. The minimum Gasteiger partial charge on any atom is -0.481 e. The first-order valence-corrected chi connectivity index (χ1v) is 6.30. The van der Waals surface area contributed by atoms with E-state index in [1.807, 2.05) is 0 Å². The van der Waals surface area contributed by atoms with Gasteiger partial charge in [-0.05, 0) is 12.5 Å². The van der Waals surface area contributed by atoms with Gasteiger partial charge >= 0.3 is 18.1 Å². The van der Waals surface area contributed by atoms with Gasteiger partial charge in [0.15, 0.2) is 0 Å². The summed E-state index contributed by atoms with van der Waals surface area (Å²) in [6, 6.07) is 0. The lowest BCUT2D eigenvalue weighted by molar-refractivity contribution is -0.199. The van der Waals surface area contributed by atoms with Crippen molar-refractivity contribution in [2.75, 3.05) is 20.3 Å². The van der Waals surface area contributed by atoms with Crippen LogP contribution in [0.25, 0.3) is 0 Å². The maximum Gasteiger partial charge on any atom is 0.471 e. The molecule has 2 atom stereocenters. The average Bonchev–Trinajstić information content (AvgIpc) is 2.42. The molecular formula is C13H15F4NO4. The molecule has 0 aromatic carbocycles. The second-order valence-electron chi connectivity index (χ2n) is 4.59. The summed E-state index contributed by atoms with van der Waals surface area (Å²) in [5.41, 5.74) is 0. The number of hydrogen-bond acceptors (Lipinski definition) is 3. The van der Waals surface area contributed by atoms with Crippen molar-refractivity contribution in [1.82, 2.24) is 4.90 Å². The predicted octanol–water partition coefficient (Wildman–Crippen LogP) is 1.91. The highest BCUT2D eigenvalue weighted by molar-refractivity contribution is 5.84. The standard InChI is InChI=1S/C13H15F4NO4/c1-22-8-4-7-18(11(21)13(15,16)17)12(14)6-3-2-5-9(12)10(19)20/h2-3,5-6,9H,4,7-8H2,1H3,(H,19,20). The van der Waals surface area contributed by atoms with Gasteiger partial charge in [-0.3, -0.25) is 14.5 Å². The van der Waals surface area contributed by atoms with Gasteiger partial charge in [-0.2, -0.15) is 13.2 Å². The first-order valence-electron chi connectivity index (χ1n) is 6.30. The number of carboxylic acids is 1. The van der Waals surface area contributed by atoms with Crippen LogP contribution in [0, 0.1) is 5.92 Å². The molecule has 0 bridgehead atoms. The van der Waals surface area contributed by atoms with Crippen LogP contribution in [0.2, 0.25) is 0 Å². The molecule has 0 saturated carbocycles. The first-order chi connectivity index (χ1) is 10.1. The molecule has 1 rings (SSSR count). The van der Waals surface area contributed by atoms with E-state index in [1.165, 1.54) is 13.2 Å². The number of alkyl halides is 4. The van der Waals surface area contributed by atoms with E-state index in [0.29, 0.717) is 6.08 Å². The van der Waals surface area contributed by atoms with Crippen LogP contribution in [-0.4, -0.2) is 54.1 Å². The number of methoxy groups -OCH3 is 1. The number of carbonyl (C=O) groups is 2. The zero-order valence-corrected chi connectivity index (χ0v) is 11.6. The Morgan fingerprint density at radius 2 is 2.00 bits per heavy atom. The van der Waals surface area contributed by atoms with Crippen molar-refractivity contribution in [3.8, 4) is 0 Å². The fraction of sp³-hybridized carbons (Fsp3) is 0.538. The molecule has 0 heterocycles. The molecule has 0 aliphatic heterocycles. The Balaban J connectivity index is 3.17. The third-order valence-corrected chi connectivity index (χ3v) is 3.08. The van der Waals surface area contributed by atoms with Crippen molar-refractivity contribution in [3.63, 3.8) is 0 Å². The van der Waals surface area contributed by atoms with E-state index in [1.54, 1.807) is 0 Å². The number of carboxylic acid groups (broad SMARTS) is 1. The van der Waals surface area contributed by atoms with Crippen molar-refractivity contribution in [3.05, 3.63) is 24.3 Å². The third-order valence-electron chi connectivity index (χ3n) is 3.08. The van der Waals surface area contributed by atoms with Gasteiger partial charge in [0.25, 0.3) is 0 Å². The Morgan fingerprint density at radius 3 is 2.50 bits per heavy atom. The topological polar surface area (TPSA) is 66.8 Å². The second-order valence-corrected chi connectivity index (χ2v) is 4.59. The average molecular weight is 325 g/mol. The molecule has 1 aliphatic carbocycles. The summed E-state index contributed by atoms with van der Waals surface area (Å²) in [4.78, 5) is 22.5. The third kappa shape index (κ3) is 3.85. The van der Waals surface area contributed by atoms with Gasteiger partial charge in [-0.25, -0.2) is 4.39 Å². The molecule has 0 fully saturated rings. The van der Waals surface area contributed by atoms with E-state index in [9.17, 15) is 22.8 Å². The highest BCUT2D eigenvalue weighted by Gasteiger charge is 2.54. The summed E-state index contributed by atoms with van der Waals surface area (Å²) in [6.45, 7) is -0.639. The van der Waals surface area contributed by atoms with Gasteiger partial charge in [0.2, 0.25) is 5.79 Å². The number of rotatable bonds is 6. The van der Waals surface area contributed by atoms with Crippen LogP contribution in [0.1, 0.15) is 6.42 Å². The Bertz CT molecular complexity index is 489. The predicted molar refractivity (Wildman–Crippen MR) is 67.5 cm³/mol. The van der Waals surface area contributed by atoms with Crippen LogP contribution in [-0.2, 0) is 14.3 Å². The summed E-state index contributed by atoms with van der Waals surface area (Å²) >= 11 is 0. The SMILES string of the molecule is COCCCN(C(=O)C(F)(F)F)C1(F)C=CC=CC1C(=O)O. The normalized spacial score (nSPS) is 24.3. The van der Waals surface area contributed by atoms with Crippen LogP contribution in [0.15, 0.2) is 24.3 Å². The van der Waals surface area contributed by atoms with Gasteiger partial charge in [0.1, 0.15) is 5.92 Å². The number of halogens is 4. The number of hydrogen-bond donors (Lipinski definition) is 1. The summed E-state index contributed by atoms with van der Waals surface area (Å²) in [5, 5.41) is 9.01. The molecule has 9 heteroatoms. The van der Waals surface area contributed by atoms with Crippen molar-refractivity contribution in [1.29, 1.82) is 0 Å². The molecule has 1 amide bonds. The van der Waals surface area contributed by atoms with E-state index in [0.717, 1.165) is 12.2 Å². The molecule has 0 spiro atoms. The van der Waals surface area contributed by atoms with Gasteiger partial charge in [0.05, 0.1) is 0 Å². The number of amides is 1. The van der Waals surface area contributed by atoms with Gasteiger partial charge in [-0.15, -0.1) is 0 Å². The Morgan fingerprint density at radius 1 is 1.36 bits per heavy atom. The van der Waals surface area contributed by atoms with E-state index in [4.69, 9.17) is 5.11 Å². The number of allylic oxidation sites excluding steroid dienone is 2. The number of ether oxygens (including phenoxy) is 1. The van der Waals surface area contributed by atoms with Crippen molar-refractivity contribution in [2.45, 2.75) is 18.4 Å². The quantitative estimate of drug-likeness (QED) is 0.460. The molecule has 0 aromatic rings. The van der Waals surface area contributed by atoms with E-state index in [-0.39, 0.29) is 17.9 Å². The monoisotopic (exact) mass is 325 g/mol. The van der Waals surface area contributed by atoms with Crippen LogP contribution in [0.3, 0.4) is 0 Å². The van der Waals surface area contributed by atoms with Gasteiger partial charge in [-0.1, -0.05) is 18.2 Å². The largest absolute Gasteiger partial charge is 0.481 e.